The standard InChI is InChI=1S/C12H9N5S.C11H12F3NO/c1-13-12-15-7-10(18-12)3-2-8-4-9-6-16-17-11(9)14-5-8;1-15(2)6-9-4-3-8(7-16)5-10(9)11(12,13)14/h4-7H,1H3,(H,13,15)(H,14,16,17);3-5,7H,6H2,1-2H3. The Balaban J connectivity index is 0.000000192. The van der Waals surface area contributed by atoms with Gasteiger partial charge in [-0.1, -0.05) is 29.4 Å². The number of nitrogens with zero attached hydrogens (tertiary/aromatic N) is 4. The van der Waals surface area contributed by atoms with Crippen LogP contribution in [0.25, 0.3) is 11.0 Å². The Labute approximate surface area is 198 Å². The van der Waals surface area contributed by atoms with E-state index < -0.39 is 11.7 Å². The first-order valence-corrected chi connectivity index (χ1v) is 10.8. The van der Waals surface area contributed by atoms with Gasteiger partial charge in [0.05, 0.1) is 22.8 Å². The molecule has 34 heavy (non-hydrogen) atoms. The highest BCUT2D eigenvalue weighted by molar-refractivity contribution is 7.16. The number of carbonyl (C=O) groups is 1. The van der Waals surface area contributed by atoms with Crippen molar-refractivity contribution in [3.63, 3.8) is 0 Å². The molecule has 0 aliphatic carbocycles. The molecule has 0 aliphatic rings. The highest BCUT2D eigenvalue weighted by Gasteiger charge is 2.33. The van der Waals surface area contributed by atoms with E-state index in [4.69, 9.17) is 0 Å². The van der Waals surface area contributed by atoms with E-state index in [0.717, 1.165) is 32.7 Å². The summed E-state index contributed by atoms with van der Waals surface area (Å²) in [4.78, 5) is 21.4. The molecule has 0 saturated heterocycles. The van der Waals surface area contributed by atoms with E-state index in [2.05, 4.69) is 37.3 Å². The van der Waals surface area contributed by atoms with E-state index in [1.54, 1.807) is 37.6 Å². The average molecular weight is 487 g/mol. The number of aromatic amines is 1. The largest absolute Gasteiger partial charge is 0.416 e. The summed E-state index contributed by atoms with van der Waals surface area (Å²) in [5, 5.41) is 11.5. The van der Waals surface area contributed by atoms with Crippen LogP contribution in [0.15, 0.2) is 42.9 Å². The summed E-state index contributed by atoms with van der Waals surface area (Å²) in [6.45, 7) is 0.188. The molecule has 0 bridgehead atoms. The summed E-state index contributed by atoms with van der Waals surface area (Å²) in [7, 11) is 5.22. The molecule has 1 aromatic carbocycles. The van der Waals surface area contributed by atoms with Gasteiger partial charge in [-0.3, -0.25) is 9.89 Å². The number of benzene rings is 1. The summed E-state index contributed by atoms with van der Waals surface area (Å²) in [6, 6.07) is 5.57. The van der Waals surface area contributed by atoms with E-state index in [-0.39, 0.29) is 17.7 Å². The number of fused-ring (bicyclic) bond motifs is 1. The van der Waals surface area contributed by atoms with Gasteiger partial charge in [-0.2, -0.15) is 18.3 Å². The summed E-state index contributed by atoms with van der Waals surface area (Å²) in [6.07, 6.45) is 1.21. The van der Waals surface area contributed by atoms with Crippen molar-refractivity contribution in [3.05, 3.63) is 70.0 Å². The van der Waals surface area contributed by atoms with Crippen molar-refractivity contribution in [2.45, 2.75) is 12.7 Å². The number of hydrogen-bond acceptors (Lipinski definition) is 7. The van der Waals surface area contributed by atoms with E-state index in [1.807, 2.05) is 13.1 Å². The first kappa shape index (κ1) is 24.9. The zero-order valence-corrected chi connectivity index (χ0v) is 19.4. The number of anilines is 1. The minimum absolute atomic E-state index is 0.0369. The molecule has 7 nitrogen and oxygen atoms in total. The maximum atomic E-state index is 12.7. The number of thiazole rings is 1. The van der Waals surface area contributed by atoms with E-state index in [0.29, 0.717) is 6.29 Å². The molecule has 176 valence electrons. The van der Waals surface area contributed by atoms with Crippen LogP contribution in [0, 0.1) is 11.8 Å². The molecule has 4 rings (SSSR count). The topological polar surface area (TPSA) is 86.8 Å². The fourth-order valence-corrected chi connectivity index (χ4v) is 3.52. The second-order valence-corrected chi connectivity index (χ2v) is 8.36. The van der Waals surface area contributed by atoms with Crippen molar-refractivity contribution in [2.24, 2.45) is 0 Å². The molecule has 0 amide bonds. The van der Waals surface area contributed by atoms with Crippen LogP contribution in [-0.2, 0) is 12.7 Å². The van der Waals surface area contributed by atoms with E-state index in [9.17, 15) is 18.0 Å². The lowest BCUT2D eigenvalue weighted by Crippen LogP contribution is -2.16. The van der Waals surface area contributed by atoms with Gasteiger partial charge >= 0.3 is 6.18 Å². The van der Waals surface area contributed by atoms with Crippen LogP contribution >= 0.6 is 11.3 Å². The van der Waals surface area contributed by atoms with Gasteiger partial charge in [0.15, 0.2) is 10.8 Å². The number of alkyl halides is 3. The maximum Gasteiger partial charge on any atom is 0.416 e. The zero-order valence-electron chi connectivity index (χ0n) is 18.6. The van der Waals surface area contributed by atoms with Crippen molar-refractivity contribution in [2.75, 3.05) is 26.5 Å². The maximum absolute atomic E-state index is 12.7. The second kappa shape index (κ2) is 10.9. The van der Waals surface area contributed by atoms with Gasteiger partial charge in [-0.25, -0.2) is 9.97 Å². The minimum atomic E-state index is -4.43. The van der Waals surface area contributed by atoms with Gasteiger partial charge in [-0.15, -0.1) is 0 Å². The lowest BCUT2D eigenvalue weighted by Gasteiger charge is -2.16. The summed E-state index contributed by atoms with van der Waals surface area (Å²) in [5.74, 6) is 6.14. The number of halogens is 3. The highest BCUT2D eigenvalue weighted by Crippen LogP contribution is 2.33. The molecule has 2 N–H and O–H groups in total. The van der Waals surface area contributed by atoms with Crippen LogP contribution in [0.5, 0.6) is 0 Å². The number of aromatic nitrogens is 4. The first-order valence-electron chi connectivity index (χ1n) is 9.94. The molecule has 4 aromatic rings. The first-order chi connectivity index (χ1) is 16.2. The van der Waals surface area contributed by atoms with Gasteiger partial charge < -0.3 is 10.2 Å². The molecule has 3 heterocycles. The van der Waals surface area contributed by atoms with Gasteiger partial charge in [0.1, 0.15) is 6.29 Å². The number of aldehydes is 1. The Kier molecular flexibility index (Phi) is 7.99. The summed E-state index contributed by atoms with van der Waals surface area (Å²) in [5.41, 5.74) is 1.10. The SMILES string of the molecule is CN(C)Cc1ccc(C=O)cc1C(F)(F)F.CNc1ncc(C#Cc2cnc3[nH]ncc3c2)s1. The van der Waals surface area contributed by atoms with Crippen molar-refractivity contribution >= 4 is 33.8 Å². The number of hydrogen-bond donors (Lipinski definition) is 2. The van der Waals surface area contributed by atoms with Crippen LogP contribution in [0.4, 0.5) is 18.3 Å². The van der Waals surface area contributed by atoms with Crippen molar-refractivity contribution in [3.8, 4) is 11.8 Å². The van der Waals surface area contributed by atoms with Gasteiger partial charge in [0, 0.05) is 36.3 Å². The third-order valence-corrected chi connectivity index (χ3v) is 5.33. The lowest BCUT2D eigenvalue weighted by molar-refractivity contribution is -0.138. The fraction of sp³-hybridized carbons (Fsp3) is 0.217. The van der Waals surface area contributed by atoms with Gasteiger partial charge in [0.25, 0.3) is 0 Å². The van der Waals surface area contributed by atoms with Crippen molar-refractivity contribution in [1.82, 2.24) is 25.1 Å². The molecule has 0 spiro atoms. The number of pyridine rings is 1. The Morgan fingerprint density at radius 3 is 2.59 bits per heavy atom. The molecule has 11 heteroatoms. The quantitative estimate of drug-likeness (QED) is 0.328. The number of H-pyrrole nitrogens is 1. The van der Waals surface area contributed by atoms with Crippen LogP contribution in [0.3, 0.4) is 0 Å². The highest BCUT2D eigenvalue weighted by atomic mass is 32.1. The molecule has 0 aliphatic heterocycles. The summed E-state index contributed by atoms with van der Waals surface area (Å²) >= 11 is 1.52. The number of nitrogens with one attached hydrogen (secondary N) is 2. The van der Waals surface area contributed by atoms with Crippen LogP contribution < -0.4 is 5.32 Å². The smallest absolute Gasteiger partial charge is 0.365 e. The van der Waals surface area contributed by atoms with Crippen LogP contribution in [-0.4, -0.2) is 52.5 Å². The molecule has 0 atom stereocenters. The molecular formula is C23H21F3N6OS. The number of carbonyl (C=O) groups excluding carboxylic acids is 1. The Hall–Kier alpha value is -3.75. The van der Waals surface area contributed by atoms with E-state index >= 15 is 0 Å². The minimum Gasteiger partial charge on any atom is -0.365 e. The van der Waals surface area contributed by atoms with Crippen molar-refractivity contribution < 1.29 is 18.0 Å². The third-order valence-electron chi connectivity index (χ3n) is 4.40. The number of rotatable bonds is 4. The monoisotopic (exact) mass is 486 g/mol. The lowest BCUT2D eigenvalue weighted by atomic mass is 10.0. The molecule has 0 fully saturated rings. The van der Waals surface area contributed by atoms with E-state index in [1.165, 1.54) is 23.5 Å². The predicted molar refractivity (Wildman–Crippen MR) is 126 cm³/mol. The van der Waals surface area contributed by atoms with Crippen LogP contribution in [0.2, 0.25) is 0 Å². The van der Waals surface area contributed by atoms with Crippen molar-refractivity contribution in [1.29, 1.82) is 0 Å². The average Bonchev–Trinajstić information content (AvgIpc) is 3.46. The zero-order chi connectivity index (χ0) is 24.7. The molecular weight excluding hydrogens is 465 g/mol. The Morgan fingerprint density at radius 1 is 1.15 bits per heavy atom. The molecule has 0 saturated carbocycles. The molecule has 0 unspecified atom stereocenters. The normalized spacial score (nSPS) is 10.9. The fourth-order valence-electron chi connectivity index (χ4n) is 2.90. The predicted octanol–water partition coefficient (Wildman–Crippen LogP) is 4.44. The van der Waals surface area contributed by atoms with Gasteiger partial charge in [-0.05, 0) is 37.7 Å². The summed E-state index contributed by atoms with van der Waals surface area (Å²) < 4.78 is 38.0. The van der Waals surface area contributed by atoms with Gasteiger partial charge in [0.2, 0.25) is 0 Å². The Bertz CT molecular complexity index is 1330. The second-order valence-electron chi connectivity index (χ2n) is 7.33. The third kappa shape index (κ3) is 6.63. The molecule has 0 radical (unpaired) electrons. The molecule has 3 aromatic heterocycles. The van der Waals surface area contributed by atoms with Crippen LogP contribution in [0.1, 0.15) is 31.9 Å². The Morgan fingerprint density at radius 2 is 1.94 bits per heavy atom.